The predicted molar refractivity (Wildman–Crippen MR) is 162 cm³/mol. The first-order valence-corrected chi connectivity index (χ1v) is 14.2. The number of rotatable bonds is 4. The zero-order valence-electron chi connectivity index (χ0n) is 21.0. The zero-order valence-corrected chi connectivity index (χ0v) is 22.6. The third kappa shape index (κ3) is 3.83. The molecule has 3 heterocycles. The highest BCUT2D eigenvalue weighted by atomic mass is 32.1. The highest BCUT2D eigenvalue weighted by molar-refractivity contribution is 7.24. The van der Waals surface area contributed by atoms with Gasteiger partial charge in [-0.15, -0.1) is 22.7 Å². The smallest absolute Gasteiger partial charge is 0.165 e. The van der Waals surface area contributed by atoms with Gasteiger partial charge >= 0.3 is 0 Å². The molecule has 0 fully saturated rings. The van der Waals surface area contributed by atoms with Crippen LogP contribution in [0, 0.1) is 13.8 Å². The Morgan fingerprint density at radius 1 is 0.526 bits per heavy atom. The van der Waals surface area contributed by atoms with E-state index in [1.165, 1.54) is 41.1 Å². The SMILES string of the molecule is Cc1sc2ccccc2c1-c1sc2c(-c3nc(-c4ccccc4)nc(-c4ccccc4)n3)cccc2c1C. The Morgan fingerprint density at radius 3 is 1.79 bits per heavy atom. The van der Waals surface area contributed by atoms with Crippen LogP contribution in [0.1, 0.15) is 10.4 Å². The average Bonchev–Trinajstić information content (AvgIpc) is 3.48. The standard InChI is InChI=1S/C33H23N3S2/c1-20-24-17-11-18-26(30(24)38-29(20)28-21(2)37-27-19-10-9-16-25(27)28)33-35-31(22-12-5-3-6-13-22)34-32(36-33)23-14-7-4-8-15-23/h3-19H,1-2H3. The summed E-state index contributed by atoms with van der Waals surface area (Å²) in [6.07, 6.45) is 0. The van der Waals surface area contributed by atoms with Gasteiger partial charge in [0.1, 0.15) is 0 Å². The fraction of sp³-hybridized carbons (Fsp3) is 0.0606. The Labute approximate surface area is 229 Å². The molecule has 0 unspecified atom stereocenters. The van der Waals surface area contributed by atoms with Gasteiger partial charge in [-0.2, -0.15) is 0 Å². The van der Waals surface area contributed by atoms with E-state index in [1.54, 1.807) is 0 Å². The number of aromatic nitrogens is 3. The van der Waals surface area contributed by atoms with Crippen molar-refractivity contribution in [1.29, 1.82) is 0 Å². The summed E-state index contributed by atoms with van der Waals surface area (Å²) < 4.78 is 2.54. The summed E-state index contributed by atoms with van der Waals surface area (Å²) in [6.45, 7) is 4.47. The van der Waals surface area contributed by atoms with Gasteiger partial charge in [0, 0.05) is 46.8 Å². The van der Waals surface area contributed by atoms with Gasteiger partial charge in [-0.3, -0.25) is 0 Å². The lowest BCUT2D eigenvalue weighted by Gasteiger charge is -2.09. The first kappa shape index (κ1) is 23.0. The fourth-order valence-electron chi connectivity index (χ4n) is 5.04. The zero-order chi connectivity index (χ0) is 25.6. The van der Waals surface area contributed by atoms with Crippen molar-refractivity contribution in [3.05, 3.63) is 114 Å². The molecular weight excluding hydrogens is 503 g/mol. The summed E-state index contributed by atoms with van der Waals surface area (Å²) in [5.74, 6) is 2.06. The van der Waals surface area contributed by atoms with Crippen molar-refractivity contribution in [2.75, 3.05) is 0 Å². The van der Waals surface area contributed by atoms with E-state index in [0.29, 0.717) is 17.5 Å². The molecule has 5 heteroatoms. The third-order valence-corrected chi connectivity index (χ3v) is 9.35. The second-order valence-electron chi connectivity index (χ2n) is 9.31. The summed E-state index contributed by atoms with van der Waals surface area (Å²) in [7, 11) is 0. The number of hydrogen-bond donors (Lipinski definition) is 0. The number of thiophene rings is 2. The maximum atomic E-state index is 5.01. The highest BCUT2D eigenvalue weighted by Crippen LogP contribution is 2.47. The Bertz CT molecular complexity index is 1880. The molecule has 0 bridgehead atoms. The summed E-state index contributed by atoms with van der Waals surface area (Å²) in [6, 6.07) is 35.5. The van der Waals surface area contributed by atoms with Crippen LogP contribution >= 0.6 is 22.7 Å². The minimum Gasteiger partial charge on any atom is -0.208 e. The Balaban J connectivity index is 1.47. The van der Waals surface area contributed by atoms with E-state index < -0.39 is 0 Å². The predicted octanol–water partition coefficient (Wildman–Crippen LogP) is 9.59. The highest BCUT2D eigenvalue weighted by Gasteiger charge is 2.20. The molecule has 0 saturated heterocycles. The van der Waals surface area contributed by atoms with Crippen molar-refractivity contribution < 1.29 is 0 Å². The van der Waals surface area contributed by atoms with Crippen LogP contribution in [-0.4, -0.2) is 15.0 Å². The van der Waals surface area contributed by atoms with Crippen molar-refractivity contribution in [2.45, 2.75) is 13.8 Å². The van der Waals surface area contributed by atoms with Crippen molar-refractivity contribution >= 4 is 42.8 Å². The molecule has 182 valence electrons. The molecule has 3 aromatic heterocycles. The van der Waals surface area contributed by atoms with Gasteiger partial charge < -0.3 is 0 Å². The van der Waals surface area contributed by atoms with E-state index in [9.17, 15) is 0 Å². The van der Waals surface area contributed by atoms with Crippen LogP contribution in [0.25, 0.3) is 64.8 Å². The van der Waals surface area contributed by atoms with Crippen molar-refractivity contribution in [2.24, 2.45) is 0 Å². The van der Waals surface area contributed by atoms with E-state index in [4.69, 9.17) is 15.0 Å². The van der Waals surface area contributed by atoms with Gasteiger partial charge in [-0.1, -0.05) is 91.0 Å². The molecule has 3 nitrogen and oxygen atoms in total. The summed E-state index contributed by atoms with van der Waals surface area (Å²) >= 11 is 3.71. The van der Waals surface area contributed by atoms with Gasteiger partial charge in [0.05, 0.1) is 0 Å². The molecule has 0 atom stereocenters. The van der Waals surface area contributed by atoms with E-state index in [1.807, 2.05) is 83.3 Å². The van der Waals surface area contributed by atoms with E-state index in [2.05, 4.69) is 56.3 Å². The molecule has 0 amide bonds. The second-order valence-corrected chi connectivity index (χ2v) is 11.6. The van der Waals surface area contributed by atoms with Crippen LogP contribution < -0.4 is 0 Å². The number of hydrogen-bond acceptors (Lipinski definition) is 5. The van der Waals surface area contributed by atoms with Gasteiger partial charge in [0.15, 0.2) is 17.5 Å². The molecule has 4 aromatic carbocycles. The number of benzene rings is 4. The first-order valence-electron chi connectivity index (χ1n) is 12.6. The molecule has 0 saturated carbocycles. The van der Waals surface area contributed by atoms with E-state index in [-0.39, 0.29) is 0 Å². The lowest BCUT2D eigenvalue weighted by Crippen LogP contribution is -2.00. The van der Waals surface area contributed by atoms with Crippen molar-refractivity contribution in [3.63, 3.8) is 0 Å². The van der Waals surface area contributed by atoms with Crippen molar-refractivity contribution in [3.8, 4) is 44.6 Å². The Kier molecular flexibility index (Phi) is 5.61. The molecule has 7 rings (SSSR count). The molecule has 0 spiro atoms. The van der Waals surface area contributed by atoms with Gasteiger partial charge in [-0.05, 0) is 36.9 Å². The van der Waals surface area contributed by atoms with Crippen LogP contribution in [0.5, 0.6) is 0 Å². The monoisotopic (exact) mass is 525 g/mol. The summed E-state index contributed by atoms with van der Waals surface area (Å²) in [4.78, 5) is 17.6. The molecule has 0 aliphatic heterocycles. The number of aryl methyl sites for hydroxylation is 2. The Morgan fingerprint density at radius 2 is 1.11 bits per heavy atom. The van der Waals surface area contributed by atoms with Crippen LogP contribution in [0.2, 0.25) is 0 Å². The summed E-state index contributed by atoms with van der Waals surface area (Å²) in [5, 5.41) is 2.57. The minimum atomic E-state index is 0.680. The van der Waals surface area contributed by atoms with Crippen LogP contribution in [0.15, 0.2) is 103 Å². The maximum Gasteiger partial charge on any atom is 0.165 e. The molecule has 38 heavy (non-hydrogen) atoms. The molecule has 0 N–H and O–H groups in total. The molecular formula is C33H23N3S2. The molecule has 7 aromatic rings. The number of nitrogens with zero attached hydrogens (tertiary/aromatic N) is 3. The first-order chi connectivity index (χ1) is 18.7. The summed E-state index contributed by atoms with van der Waals surface area (Å²) in [5.41, 5.74) is 5.64. The largest absolute Gasteiger partial charge is 0.208 e. The van der Waals surface area contributed by atoms with E-state index in [0.717, 1.165) is 16.7 Å². The normalized spacial score (nSPS) is 11.4. The number of fused-ring (bicyclic) bond motifs is 2. The van der Waals surface area contributed by atoms with Crippen LogP contribution in [0.4, 0.5) is 0 Å². The molecule has 0 radical (unpaired) electrons. The maximum absolute atomic E-state index is 5.01. The molecule has 0 aliphatic carbocycles. The Hall–Kier alpha value is -4.19. The van der Waals surface area contributed by atoms with Crippen LogP contribution in [0.3, 0.4) is 0 Å². The minimum absolute atomic E-state index is 0.680. The van der Waals surface area contributed by atoms with Gasteiger partial charge in [0.25, 0.3) is 0 Å². The molecule has 0 aliphatic rings. The second kappa shape index (κ2) is 9.28. The van der Waals surface area contributed by atoms with Crippen LogP contribution in [-0.2, 0) is 0 Å². The van der Waals surface area contributed by atoms with Gasteiger partial charge in [0.2, 0.25) is 0 Å². The lowest BCUT2D eigenvalue weighted by atomic mass is 10.0. The van der Waals surface area contributed by atoms with Gasteiger partial charge in [-0.25, -0.2) is 15.0 Å². The van der Waals surface area contributed by atoms with E-state index >= 15 is 0 Å². The average molecular weight is 526 g/mol. The topological polar surface area (TPSA) is 38.7 Å². The van der Waals surface area contributed by atoms with Crippen molar-refractivity contribution in [1.82, 2.24) is 15.0 Å². The quantitative estimate of drug-likeness (QED) is 0.230. The lowest BCUT2D eigenvalue weighted by molar-refractivity contribution is 1.08. The fourth-order valence-corrected chi connectivity index (χ4v) is 7.60. The third-order valence-electron chi connectivity index (χ3n) is 6.90.